The van der Waals surface area contributed by atoms with Crippen molar-refractivity contribution in [1.29, 1.82) is 0 Å². The first kappa shape index (κ1) is 17.5. The molecule has 0 bridgehead atoms. The number of sulfonamides is 1. The second-order valence-electron chi connectivity index (χ2n) is 4.01. The predicted octanol–water partition coefficient (Wildman–Crippen LogP) is 0.245. The molecule has 0 aliphatic heterocycles. The maximum absolute atomic E-state index is 12.4. The molecule has 1 aromatic carbocycles. The highest BCUT2D eigenvalue weighted by Crippen LogP contribution is 2.17. The van der Waals surface area contributed by atoms with Crippen molar-refractivity contribution in [3.63, 3.8) is 0 Å². The number of nitrogens with two attached hydrogens (primary N) is 1. The highest BCUT2D eigenvalue weighted by molar-refractivity contribution is 7.89. The number of alkyl halides is 2. The summed E-state index contributed by atoms with van der Waals surface area (Å²) in [5.74, 6) is 5.34. The minimum absolute atomic E-state index is 0.130. The van der Waals surface area contributed by atoms with E-state index >= 15 is 0 Å². The summed E-state index contributed by atoms with van der Waals surface area (Å²) in [4.78, 5) is -0.130. The van der Waals surface area contributed by atoms with Crippen molar-refractivity contribution in [3.8, 4) is 11.8 Å². The zero-order chi connectivity index (χ0) is 15.9. The molecule has 5 nitrogen and oxygen atoms in total. The number of hydrogen-bond donors (Lipinski definition) is 2. The third-order valence-corrected chi connectivity index (χ3v) is 4.40. The van der Waals surface area contributed by atoms with E-state index in [2.05, 4.69) is 11.8 Å². The van der Waals surface area contributed by atoms with Crippen LogP contribution in [0.2, 0.25) is 0 Å². The van der Waals surface area contributed by atoms with Gasteiger partial charge in [0.2, 0.25) is 10.0 Å². The Bertz CT molecular complexity index is 607. The number of nitrogens with zero attached hydrogens (tertiary/aromatic N) is 1. The van der Waals surface area contributed by atoms with Crippen molar-refractivity contribution < 1.29 is 22.3 Å². The van der Waals surface area contributed by atoms with Crippen LogP contribution in [0.3, 0.4) is 0 Å². The van der Waals surface area contributed by atoms with Gasteiger partial charge in [-0.1, -0.05) is 11.8 Å². The van der Waals surface area contributed by atoms with Gasteiger partial charge in [0, 0.05) is 12.1 Å². The van der Waals surface area contributed by atoms with Crippen LogP contribution < -0.4 is 5.73 Å². The first-order valence-electron chi connectivity index (χ1n) is 6.10. The molecule has 0 aliphatic rings. The minimum Gasteiger partial charge on any atom is -0.395 e. The summed E-state index contributed by atoms with van der Waals surface area (Å²) in [6.45, 7) is -1.70. The van der Waals surface area contributed by atoms with E-state index in [-0.39, 0.29) is 18.0 Å². The second kappa shape index (κ2) is 8.05. The molecule has 0 saturated heterocycles. The van der Waals surface area contributed by atoms with Crippen LogP contribution >= 0.6 is 0 Å². The Morgan fingerprint density at radius 3 is 2.38 bits per heavy atom. The summed E-state index contributed by atoms with van der Waals surface area (Å²) in [5.41, 5.74) is 5.80. The molecule has 21 heavy (non-hydrogen) atoms. The lowest BCUT2D eigenvalue weighted by molar-refractivity contribution is 0.113. The molecular weight excluding hydrogens is 302 g/mol. The summed E-state index contributed by atoms with van der Waals surface area (Å²) < 4.78 is 49.9. The molecule has 0 saturated carbocycles. The lowest BCUT2D eigenvalue weighted by Crippen LogP contribution is -2.37. The van der Waals surface area contributed by atoms with Crippen LogP contribution in [0.4, 0.5) is 8.78 Å². The molecule has 3 N–H and O–H groups in total. The van der Waals surface area contributed by atoms with Crippen LogP contribution in [-0.2, 0) is 10.0 Å². The Hall–Kier alpha value is -1.53. The fourth-order valence-corrected chi connectivity index (χ4v) is 3.00. The van der Waals surface area contributed by atoms with Crippen LogP contribution in [-0.4, -0.2) is 50.5 Å². The predicted molar refractivity (Wildman–Crippen MR) is 74.2 cm³/mol. The average Bonchev–Trinajstić information content (AvgIpc) is 2.44. The van der Waals surface area contributed by atoms with Gasteiger partial charge in [0.15, 0.2) is 0 Å². The van der Waals surface area contributed by atoms with E-state index in [1.54, 1.807) is 0 Å². The Balaban J connectivity index is 3.04. The zero-order valence-corrected chi connectivity index (χ0v) is 12.0. The van der Waals surface area contributed by atoms with Crippen molar-refractivity contribution in [2.24, 2.45) is 5.73 Å². The molecule has 0 radical (unpaired) electrons. The van der Waals surface area contributed by atoms with Gasteiger partial charge in [-0.05, 0) is 24.3 Å². The first-order chi connectivity index (χ1) is 9.91. The number of benzene rings is 1. The SMILES string of the molecule is NCC#Cc1ccc(S(=O)(=O)N(CCO)CC(F)F)cc1. The van der Waals surface area contributed by atoms with E-state index in [0.29, 0.717) is 9.87 Å². The van der Waals surface area contributed by atoms with Crippen LogP contribution in [0.25, 0.3) is 0 Å². The molecular formula is C13H16F2N2O3S. The van der Waals surface area contributed by atoms with Gasteiger partial charge in [-0.25, -0.2) is 17.2 Å². The molecule has 0 aromatic heterocycles. The summed E-state index contributed by atoms with van der Waals surface area (Å²) in [5, 5.41) is 8.82. The van der Waals surface area contributed by atoms with Crippen molar-refractivity contribution in [1.82, 2.24) is 4.31 Å². The van der Waals surface area contributed by atoms with Gasteiger partial charge in [-0.3, -0.25) is 0 Å². The smallest absolute Gasteiger partial charge is 0.252 e. The second-order valence-corrected chi connectivity index (χ2v) is 5.95. The van der Waals surface area contributed by atoms with Gasteiger partial charge >= 0.3 is 0 Å². The molecule has 1 rings (SSSR count). The van der Waals surface area contributed by atoms with Gasteiger partial charge in [0.25, 0.3) is 6.43 Å². The standard InChI is InChI=1S/C13H16F2N2O3S/c14-13(15)10-17(8-9-18)21(19,20)12-5-3-11(4-6-12)2-1-7-16/h3-6,13,18H,7-10,16H2. The van der Waals surface area contributed by atoms with Crippen molar-refractivity contribution in [2.45, 2.75) is 11.3 Å². The topological polar surface area (TPSA) is 83.6 Å². The summed E-state index contributed by atoms with van der Waals surface area (Å²) >= 11 is 0. The number of hydrogen-bond acceptors (Lipinski definition) is 4. The van der Waals surface area contributed by atoms with E-state index in [1.165, 1.54) is 24.3 Å². The fourth-order valence-electron chi connectivity index (χ4n) is 1.59. The molecule has 0 aliphatic carbocycles. The molecule has 8 heteroatoms. The van der Waals surface area contributed by atoms with E-state index in [4.69, 9.17) is 10.8 Å². The molecule has 0 spiro atoms. The molecule has 0 fully saturated rings. The quantitative estimate of drug-likeness (QED) is 0.736. The van der Waals surface area contributed by atoms with Gasteiger partial charge < -0.3 is 10.8 Å². The van der Waals surface area contributed by atoms with E-state index < -0.39 is 29.6 Å². The number of aliphatic hydroxyl groups is 1. The highest BCUT2D eigenvalue weighted by atomic mass is 32.2. The largest absolute Gasteiger partial charge is 0.395 e. The monoisotopic (exact) mass is 318 g/mol. The molecule has 0 amide bonds. The van der Waals surface area contributed by atoms with Crippen molar-refractivity contribution >= 4 is 10.0 Å². The van der Waals surface area contributed by atoms with Crippen LogP contribution in [0.15, 0.2) is 29.2 Å². The first-order valence-corrected chi connectivity index (χ1v) is 7.54. The van der Waals surface area contributed by atoms with Crippen LogP contribution in [0, 0.1) is 11.8 Å². The van der Waals surface area contributed by atoms with Gasteiger partial charge in [-0.15, -0.1) is 0 Å². The van der Waals surface area contributed by atoms with E-state index in [0.717, 1.165) is 0 Å². The van der Waals surface area contributed by atoms with Crippen LogP contribution in [0.5, 0.6) is 0 Å². The van der Waals surface area contributed by atoms with Crippen molar-refractivity contribution in [2.75, 3.05) is 26.2 Å². The number of rotatable bonds is 6. The lowest BCUT2D eigenvalue weighted by atomic mass is 10.2. The minimum atomic E-state index is -4.08. The van der Waals surface area contributed by atoms with Crippen molar-refractivity contribution in [3.05, 3.63) is 29.8 Å². The summed E-state index contributed by atoms with van der Waals surface area (Å²) in [6, 6.07) is 5.50. The third-order valence-electron chi connectivity index (χ3n) is 2.52. The average molecular weight is 318 g/mol. The third kappa shape index (κ3) is 5.06. The van der Waals surface area contributed by atoms with Gasteiger partial charge in [0.1, 0.15) is 0 Å². The summed E-state index contributed by atoms with van der Waals surface area (Å²) in [7, 11) is -4.08. The van der Waals surface area contributed by atoms with Gasteiger partial charge in [0.05, 0.1) is 24.6 Å². The number of halogens is 2. The van der Waals surface area contributed by atoms with E-state index in [9.17, 15) is 17.2 Å². The number of aliphatic hydroxyl groups excluding tert-OH is 1. The van der Waals surface area contributed by atoms with Crippen LogP contribution in [0.1, 0.15) is 5.56 Å². The zero-order valence-electron chi connectivity index (χ0n) is 11.2. The normalized spacial score (nSPS) is 11.5. The van der Waals surface area contributed by atoms with E-state index in [1.807, 2.05) is 0 Å². The molecule has 0 unspecified atom stereocenters. The summed E-state index contributed by atoms with van der Waals surface area (Å²) in [6.07, 6.45) is -2.82. The maximum atomic E-state index is 12.4. The maximum Gasteiger partial charge on any atom is 0.252 e. The molecule has 116 valence electrons. The molecule has 0 heterocycles. The Morgan fingerprint density at radius 2 is 1.90 bits per heavy atom. The Labute approximate surface area is 122 Å². The molecule has 1 aromatic rings. The highest BCUT2D eigenvalue weighted by Gasteiger charge is 2.26. The molecule has 0 atom stereocenters. The Morgan fingerprint density at radius 1 is 1.29 bits per heavy atom. The lowest BCUT2D eigenvalue weighted by Gasteiger charge is -2.20. The fraction of sp³-hybridized carbons (Fsp3) is 0.385. The Kier molecular flexibility index (Phi) is 6.71. The van der Waals surface area contributed by atoms with Gasteiger partial charge in [-0.2, -0.15) is 4.31 Å².